The van der Waals surface area contributed by atoms with Crippen molar-refractivity contribution < 1.29 is 9.90 Å². The van der Waals surface area contributed by atoms with E-state index in [1.54, 1.807) is 11.9 Å². The summed E-state index contributed by atoms with van der Waals surface area (Å²) in [6.45, 7) is 3.23. The second kappa shape index (κ2) is 11.7. The van der Waals surface area contributed by atoms with E-state index in [0.29, 0.717) is 17.0 Å². The third kappa shape index (κ3) is 5.80. The number of anilines is 2. The van der Waals surface area contributed by atoms with Gasteiger partial charge in [0, 0.05) is 53.7 Å². The number of carbonyl (C=O) groups excluding carboxylic acids is 1. The fourth-order valence-corrected chi connectivity index (χ4v) is 6.11. The monoisotopic (exact) mass is 548 g/mol. The van der Waals surface area contributed by atoms with E-state index in [4.69, 9.17) is 11.6 Å². The second-order valence-electron chi connectivity index (χ2n) is 9.64. The highest BCUT2D eigenvalue weighted by Crippen LogP contribution is 2.38. The van der Waals surface area contributed by atoms with Gasteiger partial charge in [0.15, 0.2) is 0 Å². The first-order chi connectivity index (χ1) is 18.4. The van der Waals surface area contributed by atoms with E-state index in [-0.39, 0.29) is 12.5 Å². The van der Waals surface area contributed by atoms with Gasteiger partial charge >= 0.3 is 0 Å². The summed E-state index contributed by atoms with van der Waals surface area (Å²) in [4.78, 5) is 13.7. The number of amides is 1. The number of nitrogens with zero attached hydrogens (tertiary/aromatic N) is 2. The van der Waals surface area contributed by atoms with Gasteiger partial charge in [-0.05, 0) is 73.2 Å². The average molecular weight is 549 g/mol. The van der Waals surface area contributed by atoms with Gasteiger partial charge in [-0.2, -0.15) is 0 Å². The van der Waals surface area contributed by atoms with E-state index in [1.165, 1.54) is 10.9 Å². The van der Waals surface area contributed by atoms with Crippen molar-refractivity contribution in [3.8, 4) is 0 Å². The first-order valence-electron chi connectivity index (χ1n) is 13.0. The molecule has 2 atom stereocenters. The van der Waals surface area contributed by atoms with E-state index < -0.39 is 12.1 Å². The summed E-state index contributed by atoms with van der Waals surface area (Å²) in [6, 6.07) is 20.8. The van der Waals surface area contributed by atoms with Crippen LogP contribution < -0.4 is 14.9 Å². The molecule has 8 heteroatoms. The van der Waals surface area contributed by atoms with Crippen LogP contribution in [0.3, 0.4) is 0 Å². The van der Waals surface area contributed by atoms with Crippen molar-refractivity contribution in [2.75, 3.05) is 29.0 Å². The number of aryl methyl sites for hydroxylation is 2. The molecule has 0 saturated heterocycles. The highest BCUT2D eigenvalue weighted by Gasteiger charge is 2.25. The van der Waals surface area contributed by atoms with Gasteiger partial charge in [0.1, 0.15) is 0 Å². The van der Waals surface area contributed by atoms with Crippen LogP contribution in [-0.4, -0.2) is 47.1 Å². The molecule has 1 amide bonds. The fraction of sp³-hybridized carbons (Fsp3) is 0.300. The SMILES string of the molecule is CCn1cc2c3c(cc(C(=O)N[C@@H](Cc4ccccc4)[C@H](O)CNc4cccc(Cl)c4)cc31)N(C)SCC2. The molecule has 2 heterocycles. The van der Waals surface area contributed by atoms with Crippen LogP contribution in [-0.2, 0) is 19.4 Å². The molecule has 0 bridgehead atoms. The first-order valence-corrected chi connectivity index (χ1v) is 14.3. The summed E-state index contributed by atoms with van der Waals surface area (Å²) in [5, 5.41) is 19.5. The van der Waals surface area contributed by atoms with Crippen LogP contribution in [0.1, 0.15) is 28.4 Å². The lowest BCUT2D eigenvalue weighted by atomic mass is 10.00. The van der Waals surface area contributed by atoms with Crippen LogP contribution in [0, 0.1) is 0 Å². The fourth-order valence-electron chi connectivity index (χ4n) is 5.05. The maximum atomic E-state index is 13.7. The third-order valence-electron chi connectivity index (χ3n) is 7.06. The van der Waals surface area contributed by atoms with Crippen LogP contribution >= 0.6 is 23.5 Å². The number of benzene rings is 3. The quantitative estimate of drug-likeness (QED) is 0.232. The molecule has 38 heavy (non-hydrogen) atoms. The van der Waals surface area contributed by atoms with Crippen molar-refractivity contribution >= 4 is 51.7 Å². The Hall–Kier alpha value is -3.13. The molecule has 5 rings (SSSR count). The lowest BCUT2D eigenvalue weighted by molar-refractivity contribution is 0.0851. The Morgan fingerprint density at radius 3 is 2.71 bits per heavy atom. The number of aromatic nitrogens is 1. The summed E-state index contributed by atoms with van der Waals surface area (Å²) in [6.07, 6.45) is 2.90. The number of aliphatic hydroxyl groups excluding tert-OH is 1. The van der Waals surface area contributed by atoms with Gasteiger partial charge in [-0.25, -0.2) is 0 Å². The first kappa shape index (κ1) is 26.5. The molecule has 6 nitrogen and oxygen atoms in total. The highest BCUT2D eigenvalue weighted by molar-refractivity contribution is 8.00. The minimum absolute atomic E-state index is 0.195. The molecule has 0 unspecified atom stereocenters. The van der Waals surface area contributed by atoms with Crippen LogP contribution in [0.25, 0.3) is 10.9 Å². The maximum Gasteiger partial charge on any atom is 0.251 e. The molecule has 0 saturated carbocycles. The average Bonchev–Trinajstić information content (AvgIpc) is 3.20. The van der Waals surface area contributed by atoms with Gasteiger partial charge in [0.2, 0.25) is 0 Å². The summed E-state index contributed by atoms with van der Waals surface area (Å²) in [5.74, 6) is 0.805. The predicted molar refractivity (Wildman–Crippen MR) is 160 cm³/mol. The van der Waals surface area contributed by atoms with Crippen molar-refractivity contribution in [1.29, 1.82) is 0 Å². The van der Waals surface area contributed by atoms with Crippen molar-refractivity contribution in [2.45, 2.75) is 38.5 Å². The number of rotatable bonds is 9. The van der Waals surface area contributed by atoms with Crippen molar-refractivity contribution in [1.82, 2.24) is 9.88 Å². The summed E-state index contributed by atoms with van der Waals surface area (Å²) in [5.41, 5.74) is 5.91. The summed E-state index contributed by atoms with van der Waals surface area (Å²) in [7, 11) is 2.06. The molecule has 0 aliphatic carbocycles. The lowest BCUT2D eigenvalue weighted by Crippen LogP contribution is -2.47. The molecule has 3 aromatic carbocycles. The predicted octanol–water partition coefficient (Wildman–Crippen LogP) is 5.77. The Morgan fingerprint density at radius 2 is 1.95 bits per heavy atom. The van der Waals surface area contributed by atoms with Gasteiger partial charge in [-0.1, -0.05) is 48.0 Å². The number of nitrogens with one attached hydrogen (secondary N) is 2. The Bertz CT molecular complexity index is 1420. The number of aliphatic hydroxyl groups is 1. The van der Waals surface area contributed by atoms with Crippen LogP contribution in [0.4, 0.5) is 11.4 Å². The van der Waals surface area contributed by atoms with Crippen LogP contribution in [0.5, 0.6) is 0 Å². The zero-order chi connectivity index (χ0) is 26.6. The van der Waals surface area contributed by atoms with Crippen molar-refractivity contribution in [3.63, 3.8) is 0 Å². The molecule has 3 N–H and O–H groups in total. The normalized spacial score (nSPS) is 14.7. The number of hydrogen-bond acceptors (Lipinski definition) is 5. The largest absolute Gasteiger partial charge is 0.389 e. The van der Waals surface area contributed by atoms with Gasteiger partial charge in [0.05, 0.1) is 23.3 Å². The van der Waals surface area contributed by atoms with E-state index in [2.05, 4.69) is 39.7 Å². The highest BCUT2D eigenvalue weighted by atomic mass is 35.5. The van der Waals surface area contributed by atoms with Gasteiger partial charge in [-0.3, -0.25) is 4.79 Å². The third-order valence-corrected chi connectivity index (χ3v) is 8.26. The van der Waals surface area contributed by atoms with Gasteiger partial charge < -0.3 is 24.6 Å². The number of carbonyl (C=O) groups is 1. The number of hydrogen-bond donors (Lipinski definition) is 3. The zero-order valence-corrected chi connectivity index (χ0v) is 23.2. The molecule has 0 radical (unpaired) electrons. The Kier molecular flexibility index (Phi) is 8.17. The second-order valence-corrected chi connectivity index (χ2v) is 11.3. The molecular formula is C30H33ClN4O2S. The van der Waals surface area contributed by atoms with Crippen molar-refractivity contribution in [2.24, 2.45) is 0 Å². The lowest BCUT2D eigenvalue weighted by Gasteiger charge is -2.26. The van der Waals surface area contributed by atoms with Crippen LogP contribution in [0.2, 0.25) is 5.02 Å². The Morgan fingerprint density at radius 1 is 1.13 bits per heavy atom. The molecule has 198 valence electrons. The molecule has 1 aromatic heterocycles. The summed E-state index contributed by atoms with van der Waals surface area (Å²) < 4.78 is 4.39. The number of halogens is 1. The molecular weight excluding hydrogens is 516 g/mol. The molecule has 4 aromatic rings. The van der Waals surface area contributed by atoms with Gasteiger partial charge in [-0.15, -0.1) is 0 Å². The summed E-state index contributed by atoms with van der Waals surface area (Å²) >= 11 is 7.88. The Balaban J connectivity index is 1.42. The standard InChI is InChI=1S/C30H33ClN4O2S/c1-3-35-19-21-12-13-38-34(2)26-15-22(16-27(35)29(21)26)30(37)33-25(14-20-8-5-4-6-9-20)28(36)18-32-24-11-7-10-23(31)17-24/h4-11,15-17,19,25,28,32,36H,3,12-14,18H2,1-2H3,(H,33,37)/t25-,28+/m0/s1. The Labute approximate surface area is 233 Å². The van der Waals surface area contributed by atoms with E-state index in [9.17, 15) is 9.90 Å². The topological polar surface area (TPSA) is 69.5 Å². The molecule has 0 spiro atoms. The minimum Gasteiger partial charge on any atom is -0.389 e. The van der Waals surface area contributed by atoms with Crippen molar-refractivity contribution in [3.05, 3.63) is 94.6 Å². The smallest absolute Gasteiger partial charge is 0.251 e. The molecule has 0 fully saturated rings. The zero-order valence-electron chi connectivity index (χ0n) is 21.7. The maximum absolute atomic E-state index is 13.7. The van der Waals surface area contributed by atoms with E-state index in [0.717, 1.165) is 41.2 Å². The van der Waals surface area contributed by atoms with E-state index >= 15 is 0 Å². The molecule has 1 aliphatic rings. The molecule has 1 aliphatic heterocycles. The van der Waals surface area contributed by atoms with Crippen LogP contribution in [0.15, 0.2) is 72.9 Å². The van der Waals surface area contributed by atoms with Gasteiger partial charge in [0.25, 0.3) is 5.91 Å². The van der Waals surface area contributed by atoms with E-state index in [1.807, 2.05) is 66.7 Å². The minimum atomic E-state index is -0.826.